The maximum absolute atomic E-state index is 10.2. The molecule has 1 rings (SSSR count). The third-order valence-electron chi connectivity index (χ3n) is 1.53. The lowest BCUT2D eigenvalue weighted by Crippen LogP contribution is -1.91. The van der Waals surface area contributed by atoms with Crippen molar-refractivity contribution >= 4 is 12.2 Å². The average Bonchev–Trinajstić information content (AvgIpc) is 2.32. The fourth-order valence-corrected chi connectivity index (χ4v) is 0.793. The summed E-state index contributed by atoms with van der Waals surface area (Å²) in [6.07, 6.45) is 0. The van der Waals surface area contributed by atoms with E-state index in [2.05, 4.69) is 9.47 Å². The van der Waals surface area contributed by atoms with Crippen molar-refractivity contribution in [3.8, 4) is 5.75 Å². The van der Waals surface area contributed by atoms with Gasteiger partial charge in [-0.2, -0.15) is 0 Å². The van der Waals surface area contributed by atoms with E-state index < -0.39 is 4.92 Å². The molecule has 0 amide bonds. The van der Waals surface area contributed by atoms with Gasteiger partial charge in [-0.1, -0.05) is 0 Å². The molecule has 0 radical (unpaired) electrons. The zero-order valence-electron chi connectivity index (χ0n) is 9.24. The number of hydrogen-bond acceptors (Lipinski definition) is 6. The van der Waals surface area contributed by atoms with Gasteiger partial charge >= 0.3 is 0 Å². The number of carbonyl (C=O) groups is 1. The van der Waals surface area contributed by atoms with Crippen LogP contribution in [-0.4, -0.2) is 36.8 Å². The first kappa shape index (κ1) is 15.0. The van der Waals surface area contributed by atoms with Crippen LogP contribution in [0.15, 0.2) is 24.3 Å². The molecule has 0 fully saturated rings. The highest BCUT2D eigenvalue weighted by molar-refractivity contribution is 5.46. The van der Waals surface area contributed by atoms with E-state index in [9.17, 15) is 14.9 Å². The van der Waals surface area contributed by atoms with Crippen molar-refractivity contribution in [2.45, 2.75) is 0 Å². The van der Waals surface area contributed by atoms with Gasteiger partial charge in [0.15, 0.2) is 0 Å². The molecule has 0 aliphatic carbocycles. The van der Waals surface area contributed by atoms with Gasteiger partial charge in [0.25, 0.3) is 12.2 Å². The maximum atomic E-state index is 10.2. The Bertz CT molecular complexity index is 335. The number of methoxy groups -OCH3 is 1. The third-order valence-corrected chi connectivity index (χ3v) is 1.53. The normalized spacial score (nSPS) is 8.82. The van der Waals surface area contributed by atoms with Crippen LogP contribution in [0.3, 0.4) is 0 Å². The molecule has 0 bridgehead atoms. The summed E-state index contributed by atoms with van der Waals surface area (Å²) >= 11 is 0. The summed E-state index contributed by atoms with van der Waals surface area (Å²) in [7, 11) is 1.55. The SMILES string of the molecule is COCCO.O=COc1ccc([N+](=O)[O-])cc1. The van der Waals surface area contributed by atoms with E-state index in [0.29, 0.717) is 6.61 Å². The second kappa shape index (κ2) is 9.25. The number of hydrogen-bond donors (Lipinski definition) is 1. The smallest absolute Gasteiger partial charge is 0.298 e. The second-order valence-electron chi connectivity index (χ2n) is 2.68. The number of nitro groups is 1. The number of non-ortho nitro benzene ring substituents is 1. The third kappa shape index (κ3) is 6.98. The van der Waals surface area contributed by atoms with Gasteiger partial charge < -0.3 is 14.6 Å². The zero-order valence-corrected chi connectivity index (χ0v) is 9.24. The van der Waals surface area contributed by atoms with Gasteiger partial charge in [0.05, 0.1) is 18.1 Å². The molecule has 0 saturated heterocycles. The van der Waals surface area contributed by atoms with Crippen LogP contribution in [0.1, 0.15) is 0 Å². The van der Waals surface area contributed by atoms with Crippen LogP contribution >= 0.6 is 0 Å². The highest BCUT2D eigenvalue weighted by atomic mass is 16.6. The summed E-state index contributed by atoms with van der Waals surface area (Å²) in [6, 6.07) is 5.23. The highest BCUT2D eigenvalue weighted by Crippen LogP contribution is 2.16. The molecule has 0 aromatic heterocycles. The summed E-state index contributed by atoms with van der Waals surface area (Å²) in [6.45, 7) is 0.831. The van der Waals surface area contributed by atoms with Crippen LogP contribution in [0.25, 0.3) is 0 Å². The van der Waals surface area contributed by atoms with E-state index in [-0.39, 0.29) is 24.5 Å². The standard InChI is InChI=1S/C7H5NO4.C3H8O2/c9-5-12-7-3-1-6(2-4-7)8(10)11;1-5-3-2-4/h1-5H;4H,2-3H2,1H3. The predicted octanol–water partition coefficient (Wildman–Crippen LogP) is 0.755. The van der Waals surface area contributed by atoms with Crippen molar-refractivity contribution in [2.24, 2.45) is 0 Å². The van der Waals surface area contributed by atoms with Gasteiger partial charge in [-0.3, -0.25) is 14.9 Å². The average molecular weight is 243 g/mol. The number of aliphatic hydroxyl groups excluding tert-OH is 1. The number of benzene rings is 1. The highest BCUT2D eigenvalue weighted by Gasteiger charge is 2.03. The Morgan fingerprint density at radius 1 is 1.41 bits per heavy atom. The minimum absolute atomic E-state index is 0.0340. The van der Waals surface area contributed by atoms with Crippen molar-refractivity contribution in [3.05, 3.63) is 34.4 Å². The molecule has 1 aromatic carbocycles. The molecule has 1 N–H and O–H groups in total. The molecule has 1 aromatic rings. The van der Waals surface area contributed by atoms with Crippen LogP contribution < -0.4 is 4.74 Å². The number of nitro benzene ring substituents is 1. The van der Waals surface area contributed by atoms with E-state index in [1.807, 2.05) is 0 Å². The van der Waals surface area contributed by atoms with Crippen molar-refractivity contribution < 1.29 is 24.3 Å². The van der Waals surface area contributed by atoms with Crippen LogP contribution in [0.4, 0.5) is 5.69 Å². The van der Waals surface area contributed by atoms with Gasteiger partial charge in [-0.15, -0.1) is 0 Å². The summed E-state index contributed by atoms with van der Waals surface area (Å²) in [4.78, 5) is 19.5. The Hall–Kier alpha value is -1.99. The minimum Gasteiger partial charge on any atom is -0.429 e. The van der Waals surface area contributed by atoms with Gasteiger partial charge in [0.1, 0.15) is 5.75 Å². The molecular formula is C10H13NO6. The van der Waals surface area contributed by atoms with Crippen LogP contribution in [-0.2, 0) is 9.53 Å². The molecule has 94 valence electrons. The number of aliphatic hydroxyl groups is 1. The molecule has 17 heavy (non-hydrogen) atoms. The van der Waals surface area contributed by atoms with Gasteiger partial charge in [-0.05, 0) is 12.1 Å². The fourth-order valence-electron chi connectivity index (χ4n) is 0.793. The van der Waals surface area contributed by atoms with Crippen molar-refractivity contribution in [1.29, 1.82) is 0 Å². The Morgan fingerprint density at radius 3 is 2.29 bits per heavy atom. The monoisotopic (exact) mass is 243 g/mol. The molecule has 0 unspecified atom stereocenters. The number of rotatable bonds is 5. The largest absolute Gasteiger partial charge is 0.429 e. The van der Waals surface area contributed by atoms with Crippen molar-refractivity contribution in [1.82, 2.24) is 0 Å². The maximum Gasteiger partial charge on any atom is 0.298 e. The summed E-state index contributed by atoms with van der Waals surface area (Å²) in [5, 5.41) is 18.1. The number of nitrogens with zero attached hydrogens (tertiary/aromatic N) is 1. The van der Waals surface area contributed by atoms with Crippen molar-refractivity contribution in [3.63, 3.8) is 0 Å². The van der Waals surface area contributed by atoms with Gasteiger partial charge in [0.2, 0.25) is 0 Å². The van der Waals surface area contributed by atoms with Crippen LogP contribution in [0.2, 0.25) is 0 Å². The molecule has 0 atom stereocenters. The van der Waals surface area contributed by atoms with E-state index >= 15 is 0 Å². The first-order chi connectivity index (χ1) is 8.15. The zero-order chi connectivity index (χ0) is 13.1. The summed E-state index contributed by atoms with van der Waals surface area (Å²) < 4.78 is 8.88. The Morgan fingerprint density at radius 2 is 2.00 bits per heavy atom. The van der Waals surface area contributed by atoms with E-state index in [0.717, 1.165) is 0 Å². The van der Waals surface area contributed by atoms with E-state index in [1.54, 1.807) is 7.11 Å². The molecule has 7 nitrogen and oxygen atoms in total. The van der Waals surface area contributed by atoms with Gasteiger partial charge in [-0.25, -0.2) is 0 Å². The summed E-state index contributed by atoms with van der Waals surface area (Å²) in [5.74, 6) is 0.288. The lowest BCUT2D eigenvalue weighted by molar-refractivity contribution is -0.384. The molecular weight excluding hydrogens is 230 g/mol. The quantitative estimate of drug-likeness (QED) is 0.465. The van der Waals surface area contributed by atoms with Crippen molar-refractivity contribution in [2.75, 3.05) is 20.3 Å². The molecule has 0 saturated carbocycles. The Balaban J connectivity index is 0.000000437. The first-order valence-electron chi connectivity index (χ1n) is 4.60. The predicted molar refractivity (Wildman–Crippen MR) is 58.8 cm³/mol. The van der Waals surface area contributed by atoms with E-state index in [1.165, 1.54) is 24.3 Å². The van der Waals surface area contributed by atoms with Crippen LogP contribution in [0, 0.1) is 10.1 Å². The molecule has 7 heteroatoms. The minimum atomic E-state index is -0.523. The Labute approximate surface area is 97.7 Å². The topological polar surface area (TPSA) is 98.9 Å². The molecule has 0 spiro atoms. The molecule has 0 aliphatic rings. The Kier molecular flexibility index (Phi) is 8.17. The van der Waals surface area contributed by atoms with Crippen LogP contribution in [0.5, 0.6) is 5.75 Å². The number of carbonyl (C=O) groups excluding carboxylic acids is 1. The van der Waals surface area contributed by atoms with Gasteiger partial charge in [0, 0.05) is 19.2 Å². The lowest BCUT2D eigenvalue weighted by atomic mass is 10.3. The number of ether oxygens (including phenoxy) is 2. The summed E-state index contributed by atoms with van der Waals surface area (Å²) in [5.41, 5.74) is -0.0340. The first-order valence-corrected chi connectivity index (χ1v) is 4.60. The second-order valence-corrected chi connectivity index (χ2v) is 2.68. The lowest BCUT2D eigenvalue weighted by Gasteiger charge is -1.94. The molecule has 0 heterocycles. The van der Waals surface area contributed by atoms with E-state index in [4.69, 9.17) is 5.11 Å². The fraction of sp³-hybridized carbons (Fsp3) is 0.300. The molecule has 0 aliphatic heterocycles.